The first-order valence-corrected chi connectivity index (χ1v) is 20.2. The number of carbonyl (C=O) groups excluding carboxylic acids is 2. The lowest BCUT2D eigenvalue weighted by molar-refractivity contribution is -0.383. The van der Waals surface area contributed by atoms with Crippen molar-refractivity contribution in [2.45, 2.75) is 33.5 Å². The Kier molecular flexibility index (Phi) is 18.0. The number of nitrogens with two attached hydrogens (primary N) is 1. The molecule has 0 spiro atoms. The number of halogens is 1. The number of nitro benzene ring substituents is 2. The summed E-state index contributed by atoms with van der Waals surface area (Å²) in [5, 5.41) is 28.2. The first-order chi connectivity index (χ1) is 32.4. The first kappa shape index (κ1) is 50.1. The van der Waals surface area contributed by atoms with Crippen molar-refractivity contribution in [3.8, 4) is 11.5 Å². The average molecular weight is 943 g/mol. The molecule has 0 bridgehead atoms. The number of benzene rings is 4. The first-order valence-electron chi connectivity index (χ1n) is 19.8. The molecule has 3 N–H and O–H groups in total. The molecule has 68 heavy (non-hydrogen) atoms. The molecular weight excluding hydrogens is 900 g/mol. The van der Waals surface area contributed by atoms with Crippen LogP contribution >= 0.6 is 11.6 Å². The van der Waals surface area contributed by atoms with E-state index in [0.29, 0.717) is 68.5 Å². The van der Waals surface area contributed by atoms with Gasteiger partial charge in [0.15, 0.2) is 0 Å². The molecule has 0 unspecified atom stereocenters. The Bertz CT molecular complexity index is 3050. The van der Waals surface area contributed by atoms with E-state index < -0.39 is 15.8 Å². The number of nitrogens with one attached hydrogen (secondary N) is 1. The Hall–Kier alpha value is -8.91. The average Bonchev–Trinajstić information content (AvgIpc) is 3.33. The normalized spacial score (nSPS) is 10.2. The fourth-order valence-corrected chi connectivity index (χ4v) is 6.37. The van der Waals surface area contributed by atoms with Crippen molar-refractivity contribution in [1.82, 2.24) is 29.9 Å². The highest BCUT2D eigenvalue weighted by molar-refractivity contribution is 6.29. The van der Waals surface area contributed by atoms with Crippen LogP contribution in [0.4, 0.5) is 28.8 Å². The molecule has 0 aliphatic heterocycles. The fourth-order valence-electron chi connectivity index (χ4n) is 6.21. The molecule has 0 radical (unpaired) electrons. The van der Waals surface area contributed by atoms with E-state index in [1.165, 1.54) is 51.1 Å². The van der Waals surface area contributed by atoms with Crippen LogP contribution in [-0.4, -0.2) is 65.9 Å². The van der Waals surface area contributed by atoms with Crippen molar-refractivity contribution in [2.24, 2.45) is 0 Å². The summed E-state index contributed by atoms with van der Waals surface area (Å²) in [7, 11) is 2.63. The molecule has 0 saturated heterocycles. The molecule has 0 fully saturated rings. The zero-order chi connectivity index (χ0) is 47.7. The molecule has 8 aromatic rings. The number of methoxy groups -OCH3 is 2. The van der Waals surface area contributed by atoms with Gasteiger partial charge in [-0.05, 0) is 59.7 Å². The number of aromatic nitrogens is 6. The molecule has 0 amide bonds. The predicted octanol–water partition coefficient (Wildman–Crippen LogP) is 8.76. The molecule has 4 heterocycles. The highest BCUT2D eigenvalue weighted by Crippen LogP contribution is 2.34. The third-order valence-electron chi connectivity index (χ3n) is 9.28. The Morgan fingerprint density at radius 3 is 1.62 bits per heavy atom. The molecular formula is C47H43ClN10O10. The van der Waals surface area contributed by atoms with Crippen LogP contribution in [0.2, 0.25) is 5.15 Å². The van der Waals surface area contributed by atoms with E-state index in [4.69, 9.17) is 26.8 Å². The van der Waals surface area contributed by atoms with E-state index >= 15 is 0 Å². The van der Waals surface area contributed by atoms with Crippen LogP contribution in [-0.2, 0) is 45.1 Å². The molecule has 4 aromatic heterocycles. The van der Waals surface area contributed by atoms with E-state index in [9.17, 15) is 29.8 Å². The van der Waals surface area contributed by atoms with Gasteiger partial charge in [-0.2, -0.15) is 0 Å². The number of ether oxygens (including phenoxy) is 4. The van der Waals surface area contributed by atoms with Crippen molar-refractivity contribution in [1.29, 1.82) is 0 Å². The molecule has 0 aliphatic carbocycles. The fraction of sp³-hybridized carbons (Fsp3) is 0.149. The molecule has 0 aliphatic rings. The van der Waals surface area contributed by atoms with Crippen molar-refractivity contribution in [3.63, 3.8) is 0 Å². The molecule has 348 valence electrons. The number of pyridine rings is 2. The Balaban J connectivity index is 0.000000212. The van der Waals surface area contributed by atoms with Gasteiger partial charge in [-0.3, -0.25) is 39.8 Å². The lowest BCUT2D eigenvalue weighted by Gasteiger charge is -2.11. The standard InChI is InChI=1S/C23H19N5O5.C16H13N3O3.C7H7ClN2O2.CH4/c1-32-23(29)11-16-12-24-13-22(26-16)27-21-10-15(8-9-25-21)14-33-20-7-6-19(28(30)31)17-4-2-3-5-18(17)20;17-16-9-11(7-8-18-16)10-22-15-6-5-14(19(20)21)12-3-1-2-4-13(12)15;1-12-7(11)2-5-3-9-4-6(8)10-5;/h2-10,12-13H,11,14H2,1H3,(H,25,26,27);1-9H,10H2,(H2,17,18);3-4H,2H2,1H3;1H4. The zero-order valence-corrected chi connectivity index (χ0v) is 36.4. The van der Waals surface area contributed by atoms with Gasteiger partial charge in [-0.1, -0.05) is 55.4 Å². The van der Waals surface area contributed by atoms with Crippen LogP contribution in [0.1, 0.15) is 29.9 Å². The van der Waals surface area contributed by atoms with Crippen LogP contribution in [0.15, 0.2) is 134 Å². The van der Waals surface area contributed by atoms with Gasteiger partial charge in [-0.15, -0.1) is 0 Å². The Labute approximate surface area is 393 Å². The zero-order valence-electron chi connectivity index (χ0n) is 35.6. The quantitative estimate of drug-likeness (QED) is 0.0585. The van der Waals surface area contributed by atoms with Crippen molar-refractivity contribution in [3.05, 3.63) is 182 Å². The minimum atomic E-state index is -0.407. The molecule has 21 heteroatoms. The minimum Gasteiger partial charge on any atom is -0.488 e. The highest BCUT2D eigenvalue weighted by atomic mass is 35.5. The summed E-state index contributed by atoms with van der Waals surface area (Å²) in [5.74, 6) is 1.76. The Morgan fingerprint density at radius 1 is 0.632 bits per heavy atom. The summed E-state index contributed by atoms with van der Waals surface area (Å²) in [6, 6.07) is 27.4. The number of fused-ring (bicyclic) bond motifs is 2. The summed E-state index contributed by atoms with van der Waals surface area (Å²) in [6.45, 7) is 0.543. The summed E-state index contributed by atoms with van der Waals surface area (Å²) >= 11 is 5.55. The number of non-ortho nitro benzene ring substituents is 2. The van der Waals surface area contributed by atoms with Crippen LogP contribution in [0, 0.1) is 20.2 Å². The lowest BCUT2D eigenvalue weighted by Crippen LogP contribution is -2.08. The van der Waals surface area contributed by atoms with E-state index in [-0.39, 0.29) is 49.4 Å². The number of nitrogens with zero attached hydrogens (tertiary/aromatic N) is 8. The summed E-state index contributed by atoms with van der Waals surface area (Å²) in [4.78, 5) is 68.0. The van der Waals surface area contributed by atoms with Crippen molar-refractivity contribution < 1.29 is 38.4 Å². The SMILES string of the molecule is C.COC(=O)Cc1cncc(Cl)n1.COC(=O)Cc1cncc(Nc2cc(COc3ccc([N+](=O)[O-])c4ccccc34)ccn2)n1.Nc1cc(COc2ccc([N+](=O)[O-])c3ccccc23)ccn1. The number of esters is 2. The Morgan fingerprint density at radius 2 is 1.12 bits per heavy atom. The number of nitro groups is 2. The molecule has 8 rings (SSSR count). The number of rotatable bonds is 14. The number of carbonyl (C=O) groups is 2. The molecule has 20 nitrogen and oxygen atoms in total. The van der Waals surface area contributed by atoms with Crippen molar-refractivity contribution in [2.75, 3.05) is 25.3 Å². The van der Waals surface area contributed by atoms with E-state index in [1.54, 1.807) is 79.1 Å². The maximum atomic E-state index is 11.4. The van der Waals surface area contributed by atoms with Crippen LogP contribution in [0.25, 0.3) is 21.5 Å². The van der Waals surface area contributed by atoms with Gasteiger partial charge < -0.3 is 30.0 Å². The second kappa shape index (κ2) is 24.4. The monoisotopic (exact) mass is 942 g/mol. The van der Waals surface area contributed by atoms with Gasteiger partial charge in [0.05, 0.1) is 71.5 Å². The number of anilines is 3. The van der Waals surface area contributed by atoms with Gasteiger partial charge in [0.1, 0.15) is 47.3 Å². The second-order valence-electron chi connectivity index (χ2n) is 13.8. The minimum absolute atomic E-state index is 0. The maximum absolute atomic E-state index is 11.4. The third-order valence-corrected chi connectivity index (χ3v) is 9.46. The summed E-state index contributed by atoms with van der Waals surface area (Å²) in [5.41, 5.74) is 8.42. The van der Waals surface area contributed by atoms with Gasteiger partial charge in [0.25, 0.3) is 11.4 Å². The number of hydrogen-bond donors (Lipinski definition) is 2. The summed E-state index contributed by atoms with van der Waals surface area (Å²) in [6.07, 6.45) is 9.25. The van der Waals surface area contributed by atoms with E-state index in [1.807, 2.05) is 18.2 Å². The van der Waals surface area contributed by atoms with Gasteiger partial charge >= 0.3 is 11.9 Å². The van der Waals surface area contributed by atoms with Crippen LogP contribution in [0.3, 0.4) is 0 Å². The molecule has 4 aromatic carbocycles. The number of nitrogen functional groups attached to an aromatic ring is 1. The van der Waals surface area contributed by atoms with Gasteiger partial charge in [-0.25, -0.2) is 19.9 Å². The topological polar surface area (TPSA) is 273 Å². The van der Waals surface area contributed by atoms with Crippen LogP contribution in [0.5, 0.6) is 11.5 Å². The molecule has 0 atom stereocenters. The predicted molar refractivity (Wildman–Crippen MR) is 253 cm³/mol. The van der Waals surface area contributed by atoms with Gasteiger partial charge in [0.2, 0.25) is 0 Å². The smallest absolute Gasteiger partial charge is 0.311 e. The molecule has 0 saturated carbocycles. The van der Waals surface area contributed by atoms with Gasteiger partial charge in [0, 0.05) is 47.7 Å². The largest absolute Gasteiger partial charge is 0.488 e. The lowest BCUT2D eigenvalue weighted by atomic mass is 10.1. The number of hydrogen-bond acceptors (Lipinski definition) is 18. The van der Waals surface area contributed by atoms with Crippen LogP contribution < -0.4 is 20.5 Å². The van der Waals surface area contributed by atoms with Crippen molar-refractivity contribution >= 4 is 73.9 Å². The second-order valence-corrected chi connectivity index (χ2v) is 14.2. The third kappa shape index (κ3) is 14.0. The van der Waals surface area contributed by atoms with E-state index in [2.05, 4.69) is 44.7 Å². The maximum Gasteiger partial charge on any atom is 0.311 e. The summed E-state index contributed by atoms with van der Waals surface area (Å²) < 4.78 is 20.8. The van der Waals surface area contributed by atoms with E-state index in [0.717, 1.165) is 11.1 Å². The highest BCUT2D eigenvalue weighted by Gasteiger charge is 2.16.